The van der Waals surface area contributed by atoms with Crippen LogP contribution in [0, 0.1) is 5.92 Å². The van der Waals surface area contributed by atoms with Crippen LogP contribution in [0.3, 0.4) is 0 Å². The second-order valence-corrected chi connectivity index (χ2v) is 7.85. The summed E-state index contributed by atoms with van der Waals surface area (Å²) >= 11 is 0. The molecule has 0 heterocycles. The predicted molar refractivity (Wildman–Crippen MR) is 101 cm³/mol. The van der Waals surface area contributed by atoms with E-state index >= 15 is 0 Å². The van der Waals surface area contributed by atoms with E-state index in [9.17, 15) is 15.3 Å². The molecule has 0 fully saturated rings. The van der Waals surface area contributed by atoms with E-state index in [0.29, 0.717) is 12.3 Å². The fourth-order valence-corrected chi connectivity index (χ4v) is 4.86. The van der Waals surface area contributed by atoms with Crippen molar-refractivity contribution in [2.45, 2.75) is 64.2 Å². The minimum Gasteiger partial charge on any atom is -0.508 e. The van der Waals surface area contributed by atoms with Crippen molar-refractivity contribution >= 4 is 0 Å². The average molecular weight is 342 g/mol. The predicted octanol–water partition coefficient (Wildman–Crippen LogP) is 4.92. The first-order valence-corrected chi connectivity index (χ1v) is 9.45. The van der Waals surface area contributed by atoms with Crippen LogP contribution < -0.4 is 0 Å². The molecule has 2 aliphatic carbocycles. The highest BCUT2D eigenvalue weighted by atomic mass is 16.3. The molecule has 1 aromatic rings. The van der Waals surface area contributed by atoms with E-state index in [-0.39, 0.29) is 29.9 Å². The van der Waals surface area contributed by atoms with Gasteiger partial charge >= 0.3 is 0 Å². The van der Waals surface area contributed by atoms with Crippen LogP contribution in [-0.4, -0.2) is 21.9 Å². The van der Waals surface area contributed by atoms with Crippen LogP contribution in [0.4, 0.5) is 0 Å². The summed E-state index contributed by atoms with van der Waals surface area (Å²) in [6, 6.07) is 1.51. The summed E-state index contributed by atoms with van der Waals surface area (Å²) in [6.45, 7) is 8.54. The standard InChI is InChI=1S/C22H30O3/c1-13(2)16-8-7-14(3)11-18(16)22-17-6-4-5-15(9-10-23)21(17)19(24)12-20(22)25/h11-12,15-16,18,23-25H,1,4-10H2,2-3H3/t15-,16-,18+/m0/s1. The Bertz CT molecular complexity index is 702. The van der Waals surface area contributed by atoms with Gasteiger partial charge in [0.25, 0.3) is 0 Å². The monoisotopic (exact) mass is 342 g/mol. The van der Waals surface area contributed by atoms with Crippen LogP contribution >= 0.6 is 0 Å². The number of aromatic hydroxyl groups is 2. The Morgan fingerprint density at radius 3 is 2.56 bits per heavy atom. The van der Waals surface area contributed by atoms with Crippen molar-refractivity contribution in [1.29, 1.82) is 0 Å². The molecule has 2 aliphatic rings. The van der Waals surface area contributed by atoms with Crippen LogP contribution in [0.2, 0.25) is 0 Å². The molecule has 0 unspecified atom stereocenters. The van der Waals surface area contributed by atoms with E-state index in [2.05, 4.69) is 26.5 Å². The highest BCUT2D eigenvalue weighted by Crippen LogP contribution is 2.50. The molecule has 3 atom stereocenters. The first-order valence-electron chi connectivity index (χ1n) is 9.45. The Morgan fingerprint density at radius 2 is 1.88 bits per heavy atom. The molecule has 0 saturated carbocycles. The Hall–Kier alpha value is -1.74. The maximum absolute atomic E-state index is 10.7. The summed E-state index contributed by atoms with van der Waals surface area (Å²) < 4.78 is 0. The van der Waals surface area contributed by atoms with Gasteiger partial charge in [0.05, 0.1) is 0 Å². The van der Waals surface area contributed by atoms with E-state index in [1.807, 2.05) is 0 Å². The Balaban J connectivity index is 2.17. The Kier molecular flexibility index (Phi) is 5.24. The number of rotatable bonds is 4. The zero-order valence-corrected chi connectivity index (χ0v) is 15.4. The molecule has 3 N–H and O–H groups in total. The second kappa shape index (κ2) is 7.25. The molecule has 0 saturated heterocycles. The third kappa shape index (κ3) is 3.35. The summed E-state index contributed by atoms with van der Waals surface area (Å²) in [7, 11) is 0. The topological polar surface area (TPSA) is 60.7 Å². The lowest BCUT2D eigenvalue weighted by atomic mass is 9.69. The summed E-state index contributed by atoms with van der Waals surface area (Å²) in [5.74, 6) is 0.987. The summed E-state index contributed by atoms with van der Waals surface area (Å²) in [6.07, 6.45) is 7.95. The van der Waals surface area contributed by atoms with Crippen molar-refractivity contribution in [2.75, 3.05) is 6.61 Å². The fraction of sp³-hybridized carbons (Fsp3) is 0.545. The lowest BCUT2D eigenvalue weighted by molar-refractivity contribution is 0.267. The number of phenolic OH excluding ortho intramolecular Hbond substituents is 2. The summed E-state index contributed by atoms with van der Waals surface area (Å²) in [5.41, 5.74) is 5.53. The van der Waals surface area contributed by atoms with Gasteiger partial charge < -0.3 is 15.3 Å². The van der Waals surface area contributed by atoms with Gasteiger partial charge in [-0.1, -0.05) is 23.8 Å². The SMILES string of the molecule is C=C(C)[C@@H]1CCC(C)=C[C@H]1c1c(O)cc(O)c2c1CCC[C@H]2CCO. The van der Waals surface area contributed by atoms with Crippen LogP contribution in [0.1, 0.15) is 74.5 Å². The van der Waals surface area contributed by atoms with E-state index in [4.69, 9.17) is 0 Å². The molecule has 0 aliphatic heterocycles. The van der Waals surface area contributed by atoms with Crippen LogP contribution in [0.15, 0.2) is 29.9 Å². The molecule has 0 spiro atoms. The van der Waals surface area contributed by atoms with Crippen LogP contribution in [-0.2, 0) is 6.42 Å². The van der Waals surface area contributed by atoms with Crippen molar-refractivity contribution in [3.63, 3.8) is 0 Å². The van der Waals surface area contributed by atoms with Crippen molar-refractivity contribution < 1.29 is 15.3 Å². The van der Waals surface area contributed by atoms with Crippen LogP contribution in [0.25, 0.3) is 0 Å². The maximum Gasteiger partial charge on any atom is 0.123 e. The maximum atomic E-state index is 10.7. The van der Waals surface area contributed by atoms with Crippen LogP contribution in [0.5, 0.6) is 11.5 Å². The Morgan fingerprint density at radius 1 is 1.16 bits per heavy atom. The minimum absolute atomic E-state index is 0.119. The average Bonchev–Trinajstić information content (AvgIpc) is 2.54. The molecule has 3 heteroatoms. The third-order valence-corrected chi connectivity index (χ3v) is 6.05. The first-order chi connectivity index (χ1) is 11.9. The fourth-order valence-electron chi connectivity index (χ4n) is 4.86. The van der Waals surface area contributed by atoms with E-state index in [1.165, 1.54) is 11.6 Å². The molecule has 1 aromatic carbocycles. The molecule has 0 bridgehead atoms. The number of aliphatic hydroxyl groups is 1. The number of hydrogen-bond donors (Lipinski definition) is 3. The lowest BCUT2D eigenvalue weighted by Gasteiger charge is -2.35. The zero-order chi connectivity index (χ0) is 18.1. The van der Waals surface area contributed by atoms with E-state index < -0.39 is 0 Å². The minimum atomic E-state index is 0.119. The summed E-state index contributed by atoms with van der Waals surface area (Å²) in [5, 5.41) is 30.6. The lowest BCUT2D eigenvalue weighted by Crippen LogP contribution is -2.21. The zero-order valence-electron chi connectivity index (χ0n) is 15.4. The van der Waals surface area contributed by atoms with Crippen molar-refractivity contribution in [3.8, 4) is 11.5 Å². The van der Waals surface area contributed by atoms with Gasteiger partial charge in [-0.15, -0.1) is 0 Å². The number of benzene rings is 1. The second-order valence-electron chi connectivity index (χ2n) is 7.85. The Labute approximate surface area is 150 Å². The third-order valence-electron chi connectivity index (χ3n) is 6.05. The van der Waals surface area contributed by atoms with Gasteiger partial charge in [0.1, 0.15) is 11.5 Å². The molecule has 0 radical (unpaired) electrons. The van der Waals surface area contributed by atoms with Crippen molar-refractivity contribution in [1.82, 2.24) is 0 Å². The number of allylic oxidation sites excluding steroid dienone is 3. The molecule has 25 heavy (non-hydrogen) atoms. The number of hydrogen-bond acceptors (Lipinski definition) is 3. The van der Waals surface area contributed by atoms with Gasteiger partial charge in [-0.3, -0.25) is 0 Å². The highest BCUT2D eigenvalue weighted by Gasteiger charge is 2.34. The number of aliphatic hydroxyl groups excluding tert-OH is 1. The van der Waals surface area contributed by atoms with Gasteiger partial charge in [0, 0.05) is 29.7 Å². The molecular formula is C22H30O3. The van der Waals surface area contributed by atoms with E-state index in [0.717, 1.165) is 54.4 Å². The molecule has 0 amide bonds. The molecule has 3 nitrogen and oxygen atoms in total. The highest BCUT2D eigenvalue weighted by molar-refractivity contribution is 5.57. The quantitative estimate of drug-likeness (QED) is 0.681. The number of fused-ring (bicyclic) bond motifs is 1. The molecule has 136 valence electrons. The van der Waals surface area contributed by atoms with Gasteiger partial charge in [0.2, 0.25) is 0 Å². The van der Waals surface area contributed by atoms with Gasteiger partial charge in [-0.25, -0.2) is 0 Å². The summed E-state index contributed by atoms with van der Waals surface area (Å²) in [4.78, 5) is 0. The number of phenols is 2. The smallest absolute Gasteiger partial charge is 0.123 e. The van der Waals surface area contributed by atoms with E-state index in [1.54, 1.807) is 0 Å². The normalized spacial score (nSPS) is 26.0. The van der Waals surface area contributed by atoms with Gasteiger partial charge in [-0.05, 0) is 69.8 Å². The molecule has 0 aromatic heterocycles. The first kappa shape index (κ1) is 18.1. The largest absolute Gasteiger partial charge is 0.508 e. The van der Waals surface area contributed by atoms with Crippen molar-refractivity contribution in [3.05, 3.63) is 46.6 Å². The molecule has 3 rings (SSSR count). The van der Waals surface area contributed by atoms with Gasteiger partial charge in [-0.2, -0.15) is 0 Å². The van der Waals surface area contributed by atoms with Gasteiger partial charge in [0.15, 0.2) is 0 Å². The molecular weight excluding hydrogens is 312 g/mol. The van der Waals surface area contributed by atoms with Crippen molar-refractivity contribution in [2.24, 2.45) is 5.92 Å².